The Labute approximate surface area is 246 Å². The van der Waals surface area contributed by atoms with Gasteiger partial charge in [-0.2, -0.15) is 26.3 Å². The third-order valence-corrected chi connectivity index (χ3v) is 11.3. The highest BCUT2D eigenvalue weighted by atomic mass is 32.2. The summed E-state index contributed by atoms with van der Waals surface area (Å²) in [6.07, 6.45) is -7.21. The molecular formula is C29H36F7NO5S. The molecule has 43 heavy (non-hydrogen) atoms. The molecule has 2 aliphatic heterocycles. The Balaban J connectivity index is 0.00000162. The zero-order valence-electron chi connectivity index (χ0n) is 24.1. The summed E-state index contributed by atoms with van der Waals surface area (Å²) in [4.78, 5) is 10.3. The average molecular weight is 644 g/mol. The Hall–Kier alpha value is -2.77. The number of allylic oxidation sites excluding steroid dienone is 3. The van der Waals surface area contributed by atoms with E-state index >= 15 is 0 Å². The van der Waals surface area contributed by atoms with Crippen LogP contribution in [0.3, 0.4) is 0 Å². The zero-order valence-corrected chi connectivity index (χ0v) is 24.9. The summed E-state index contributed by atoms with van der Waals surface area (Å²) in [6, 6.07) is 1.57. The van der Waals surface area contributed by atoms with E-state index in [1.54, 1.807) is 0 Å². The molecule has 6 nitrogen and oxygen atoms in total. The second kappa shape index (κ2) is 12.3. The molecule has 0 bridgehead atoms. The van der Waals surface area contributed by atoms with Crippen molar-refractivity contribution >= 4 is 16.3 Å². The number of hydrogen-bond donors (Lipinski definition) is 1. The molecule has 3 aliphatic rings. The van der Waals surface area contributed by atoms with Gasteiger partial charge < -0.3 is 14.7 Å². The van der Waals surface area contributed by atoms with E-state index in [4.69, 9.17) is 14.6 Å². The van der Waals surface area contributed by atoms with E-state index in [1.165, 1.54) is 6.92 Å². The molecule has 2 fully saturated rings. The van der Waals surface area contributed by atoms with E-state index in [2.05, 4.69) is 11.5 Å². The van der Waals surface area contributed by atoms with Gasteiger partial charge in [-0.25, -0.2) is 12.8 Å². The molecule has 2 heterocycles. The standard InChI is InChI=1S/C28H34F7NO3S.CH2O2/c1-17(2)24(19-8-6-5-7-9-19)36-13-12-25(40(37,38)18(3)4)21(15-36)16-39-23-14-20(10-11-22(23)25)26(29,27(30,31)32)28(33,34)35;2-1-3/h10-11,14,19,21H,3,5-9,12-13,15-16H2,1-2,4H3;1H,(H,2,3). The third kappa shape index (κ3) is 5.87. The van der Waals surface area contributed by atoms with E-state index in [0.29, 0.717) is 24.6 Å². The fourth-order valence-corrected chi connectivity index (χ4v) is 8.84. The summed E-state index contributed by atoms with van der Waals surface area (Å²) >= 11 is 0. The van der Waals surface area contributed by atoms with E-state index in [-0.39, 0.29) is 36.5 Å². The monoisotopic (exact) mass is 643 g/mol. The van der Waals surface area contributed by atoms with Gasteiger partial charge in [0.15, 0.2) is 9.84 Å². The number of hydrogen-bond acceptors (Lipinski definition) is 5. The highest BCUT2D eigenvalue weighted by molar-refractivity contribution is 7.96. The summed E-state index contributed by atoms with van der Waals surface area (Å²) in [5.41, 5.74) is -5.17. The number of nitrogens with zero attached hydrogens (tertiary/aromatic N) is 1. The number of likely N-dealkylation sites (tertiary alicyclic amines) is 1. The molecule has 1 saturated heterocycles. The lowest BCUT2D eigenvalue weighted by atomic mass is 9.75. The van der Waals surface area contributed by atoms with Gasteiger partial charge in [0.2, 0.25) is 0 Å². The second-order valence-electron chi connectivity index (χ2n) is 11.5. The topological polar surface area (TPSA) is 83.9 Å². The molecule has 1 aromatic carbocycles. The SMILES string of the molecule is C=C(C)S(=O)(=O)C12CCN(C(=C(C)C)C3CCCCC3)CC1COc1cc(C(F)(C(F)(F)F)C(F)(F)F)ccc12.O=CO. The number of fused-ring (bicyclic) bond motifs is 3. The maximum atomic E-state index is 14.8. The van der Waals surface area contributed by atoms with Crippen molar-refractivity contribution in [3.8, 4) is 5.75 Å². The summed E-state index contributed by atoms with van der Waals surface area (Å²) < 4.78 is 127. The maximum Gasteiger partial charge on any atom is 0.435 e. The molecular weight excluding hydrogens is 607 g/mol. The molecule has 1 saturated carbocycles. The molecule has 0 amide bonds. The predicted molar refractivity (Wildman–Crippen MR) is 146 cm³/mol. The lowest BCUT2D eigenvalue weighted by Gasteiger charge is -2.52. The predicted octanol–water partition coefficient (Wildman–Crippen LogP) is 7.41. The van der Waals surface area contributed by atoms with Crippen LogP contribution in [0.15, 0.2) is 41.0 Å². The van der Waals surface area contributed by atoms with Gasteiger partial charge in [0, 0.05) is 40.7 Å². The first-order valence-electron chi connectivity index (χ1n) is 13.8. The number of alkyl halides is 7. The Morgan fingerprint density at radius 1 is 1.05 bits per heavy atom. The largest absolute Gasteiger partial charge is 0.493 e. The van der Waals surface area contributed by atoms with Gasteiger partial charge >= 0.3 is 18.0 Å². The number of halogens is 7. The van der Waals surface area contributed by atoms with Crippen LogP contribution in [-0.2, 0) is 25.0 Å². The van der Waals surface area contributed by atoms with Crippen LogP contribution < -0.4 is 4.74 Å². The molecule has 1 N–H and O–H groups in total. The minimum absolute atomic E-state index is 0.0192. The van der Waals surface area contributed by atoms with Crippen molar-refractivity contribution in [2.24, 2.45) is 11.8 Å². The van der Waals surface area contributed by atoms with Crippen molar-refractivity contribution in [3.05, 3.63) is 52.1 Å². The van der Waals surface area contributed by atoms with Crippen LogP contribution in [0, 0.1) is 11.8 Å². The van der Waals surface area contributed by atoms with Crippen molar-refractivity contribution in [3.63, 3.8) is 0 Å². The summed E-state index contributed by atoms with van der Waals surface area (Å²) in [6.45, 7) is 8.99. The van der Waals surface area contributed by atoms with Crippen LogP contribution in [0.5, 0.6) is 5.75 Å². The number of ether oxygens (including phenoxy) is 1. The van der Waals surface area contributed by atoms with Gasteiger partial charge in [0.1, 0.15) is 10.5 Å². The fourth-order valence-electron chi connectivity index (χ4n) is 6.82. The van der Waals surface area contributed by atoms with Gasteiger partial charge in [-0.15, -0.1) is 0 Å². The molecule has 242 valence electrons. The van der Waals surface area contributed by atoms with Crippen LogP contribution in [0.25, 0.3) is 0 Å². The highest BCUT2D eigenvalue weighted by Crippen LogP contribution is 2.57. The number of sulfone groups is 1. The Kier molecular flexibility index (Phi) is 9.94. The number of carboxylic acid groups (broad SMARTS) is 1. The summed E-state index contributed by atoms with van der Waals surface area (Å²) in [5, 5.41) is 6.89. The smallest absolute Gasteiger partial charge is 0.435 e. The van der Waals surface area contributed by atoms with Crippen LogP contribution in [-0.4, -0.2) is 56.9 Å². The fraction of sp³-hybridized carbons (Fsp3) is 0.621. The Morgan fingerprint density at radius 2 is 1.60 bits per heavy atom. The first-order chi connectivity index (χ1) is 19.8. The molecule has 1 aromatic rings. The van der Waals surface area contributed by atoms with Crippen molar-refractivity contribution in [1.29, 1.82) is 0 Å². The first kappa shape index (κ1) is 34.7. The van der Waals surface area contributed by atoms with Crippen LogP contribution in [0.4, 0.5) is 30.7 Å². The van der Waals surface area contributed by atoms with Crippen LogP contribution >= 0.6 is 0 Å². The third-order valence-electron chi connectivity index (χ3n) is 8.69. The molecule has 2 unspecified atom stereocenters. The highest BCUT2D eigenvalue weighted by Gasteiger charge is 2.74. The molecule has 14 heteroatoms. The van der Waals surface area contributed by atoms with Crippen molar-refractivity contribution in [2.75, 3.05) is 19.7 Å². The Bertz CT molecular complexity index is 1330. The van der Waals surface area contributed by atoms with Crippen molar-refractivity contribution in [1.82, 2.24) is 4.90 Å². The van der Waals surface area contributed by atoms with E-state index in [0.717, 1.165) is 49.4 Å². The molecule has 1 aliphatic carbocycles. The van der Waals surface area contributed by atoms with Gasteiger partial charge in [-0.3, -0.25) is 4.79 Å². The van der Waals surface area contributed by atoms with Crippen LogP contribution in [0.2, 0.25) is 0 Å². The lowest BCUT2D eigenvalue weighted by molar-refractivity contribution is -0.348. The number of piperidine rings is 1. The Morgan fingerprint density at radius 3 is 2.09 bits per heavy atom. The quantitative estimate of drug-likeness (QED) is 0.266. The van der Waals surface area contributed by atoms with E-state index in [1.807, 2.05) is 13.8 Å². The normalized spacial score (nSPS) is 23.1. The molecule has 2 atom stereocenters. The van der Waals surface area contributed by atoms with Crippen LogP contribution in [0.1, 0.15) is 70.4 Å². The van der Waals surface area contributed by atoms with Gasteiger partial charge in [0.05, 0.1) is 6.61 Å². The number of benzene rings is 1. The van der Waals surface area contributed by atoms with Crippen molar-refractivity contribution < 1.29 is 53.8 Å². The minimum Gasteiger partial charge on any atom is -0.493 e. The van der Waals surface area contributed by atoms with Crippen molar-refractivity contribution in [2.45, 2.75) is 82.1 Å². The maximum absolute atomic E-state index is 14.8. The average Bonchev–Trinajstić information content (AvgIpc) is 2.91. The molecule has 0 aromatic heterocycles. The minimum atomic E-state index is -6.30. The van der Waals surface area contributed by atoms with Gasteiger partial charge in [0.25, 0.3) is 6.47 Å². The van der Waals surface area contributed by atoms with Gasteiger partial charge in [-0.1, -0.05) is 43.5 Å². The second-order valence-corrected chi connectivity index (χ2v) is 13.9. The van der Waals surface area contributed by atoms with E-state index in [9.17, 15) is 39.2 Å². The first-order valence-corrected chi connectivity index (χ1v) is 15.3. The molecule has 4 rings (SSSR count). The zero-order chi connectivity index (χ0) is 32.6. The molecule has 0 spiro atoms. The van der Waals surface area contributed by atoms with E-state index < -0.39 is 49.8 Å². The molecule has 0 radical (unpaired) electrons. The summed E-state index contributed by atoms with van der Waals surface area (Å²) in [5.74, 6) is -0.873. The number of carbonyl (C=O) groups is 1. The summed E-state index contributed by atoms with van der Waals surface area (Å²) in [7, 11) is -4.19. The lowest BCUT2D eigenvalue weighted by Crippen LogP contribution is -2.58. The van der Waals surface area contributed by atoms with Gasteiger partial charge in [-0.05, 0) is 52.0 Å². The number of rotatable bonds is 5.